The number of rotatable bonds is 16. The molecule has 2 bridgehead atoms. The summed E-state index contributed by atoms with van der Waals surface area (Å²) >= 11 is 0. The molecule has 8 rings (SSSR count). The molecule has 0 saturated carbocycles. The third-order valence-corrected chi connectivity index (χ3v) is 11.1. The number of aliphatic hydroxyl groups excluding tert-OH is 1. The number of carbonyl (C=O) groups is 2. The molecule has 56 heavy (non-hydrogen) atoms. The summed E-state index contributed by atoms with van der Waals surface area (Å²) in [4.78, 5) is 44.1. The van der Waals surface area contributed by atoms with Crippen molar-refractivity contribution in [2.24, 2.45) is 5.92 Å². The number of carboxylic acid groups (broad SMARTS) is 1. The molecule has 0 spiro atoms. The number of phenolic OH excluding ortho intramolecular Hbond substituents is 1. The summed E-state index contributed by atoms with van der Waals surface area (Å²) in [5.74, 6) is 0.771. The number of carbonyl (C=O) groups excluding carboxylic acids is 1. The molecule has 2 amide bonds. The fourth-order valence-electron chi connectivity index (χ4n) is 8.11. The predicted octanol–water partition coefficient (Wildman–Crippen LogP) is 5.81. The number of H-pyrrole nitrogens is 1. The molecule has 3 fully saturated rings. The zero-order chi connectivity index (χ0) is 39.0. The maximum absolute atomic E-state index is 13.0. The first kappa shape index (κ1) is 38.6. The van der Waals surface area contributed by atoms with Gasteiger partial charge in [-0.25, -0.2) is 4.79 Å². The van der Waals surface area contributed by atoms with Crippen LogP contribution in [0.4, 0.5) is 4.79 Å². The third-order valence-electron chi connectivity index (χ3n) is 11.1. The quantitative estimate of drug-likeness (QED) is 0.0681. The molecule has 3 aliphatic heterocycles. The van der Waals surface area contributed by atoms with E-state index < -0.39 is 18.2 Å². The van der Waals surface area contributed by atoms with E-state index in [-0.39, 0.29) is 29.9 Å². The molecule has 3 saturated heterocycles. The Morgan fingerprint density at radius 3 is 2.38 bits per heavy atom. The van der Waals surface area contributed by atoms with E-state index in [1.54, 1.807) is 29.2 Å². The topological polar surface area (TPSA) is 167 Å². The first-order chi connectivity index (χ1) is 27.2. The molecule has 3 aliphatic rings. The Hall–Kier alpha value is -5.69. The minimum atomic E-state index is -0.917. The van der Waals surface area contributed by atoms with E-state index in [0.717, 1.165) is 62.0 Å². The van der Waals surface area contributed by atoms with Crippen molar-refractivity contribution in [3.05, 3.63) is 141 Å². The van der Waals surface area contributed by atoms with Crippen molar-refractivity contribution in [2.45, 2.75) is 50.5 Å². The van der Waals surface area contributed by atoms with Gasteiger partial charge in [0.15, 0.2) is 0 Å². The molecule has 0 radical (unpaired) electrons. The van der Waals surface area contributed by atoms with Crippen molar-refractivity contribution in [1.29, 1.82) is 0 Å². The summed E-state index contributed by atoms with van der Waals surface area (Å²) in [5.41, 5.74) is 3.80. The number of piperidine rings is 3. The predicted molar refractivity (Wildman–Crippen MR) is 214 cm³/mol. The molecule has 292 valence electrons. The molecule has 1 aromatic heterocycles. The zero-order valence-corrected chi connectivity index (χ0v) is 31.3. The highest BCUT2D eigenvalue weighted by atomic mass is 16.5. The average Bonchev–Trinajstić information content (AvgIpc) is 3.22. The zero-order valence-electron chi connectivity index (χ0n) is 31.3. The molecule has 6 N–H and O–H groups in total. The van der Waals surface area contributed by atoms with E-state index in [4.69, 9.17) is 4.74 Å². The Morgan fingerprint density at radius 2 is 1.64 bits per heavy atom. The lowest BCUT2D eigenvalue weighted by Crippen LogP contribution is -2.59. The number of ether oxygens (including phenoxy) is 1. The number of pyridine rings is 1. The summed E-state index contributed by atoms with van der Waals surface area (Å²) in [7, 11) is 0. The molecule has 3 atom stereocenters. The average molecular weight is 760 g/mol. The van der Waals surface area contributed by atoms with E-state index in [9.17, 15) is 29.7 Å². The Labute approximate surface area is 325 Å². The largest absolute Gasteiger partial charge is 0.506 e. The van der Waals surface area contributed by atoms with E-state index >= 15 is 0 Å². The smallest absolute Gasteiger partial charge is 0.408 e. The van der Waals surface area contributed by atoms with Crippen molar-refractivity contribution in [3.63, 3.8) is 0 Å². The van der Waals surface area contributed by atoms with Crippen LogP contribution in [0.25, 0.3) is 10.9 Å². The molecule has 0 aliphatic carbocycles. The number of nitrogens with zero attached hydrogens (tertiary/aromatic N) is 2. The Morgan fingerprint density at radius 1 is 0.893 bits per heavy atom. The van der Waals surface area contributed by atoms with Crippen LogP contribution in [-0.2, 0) is 6.61 Å². The number of fused-ring (bicyclic) bond motifs is 4. The molecule has 4 heterocycles. The van der Waals surface area contributed by atoms with Crippen LogP contribution in [-0.4, -0.2) is 87.4 Å². The van der Waals surface area contributed by atoms with Crippen molar-refractivity contribution < 1.29 is 29.6 Å². The van der Waals surface area contributed by atoms with Gasteiger partial charge in [0.05, 0.1) is 23.7 Å². The van der Waals surface area contributed by atoms with Crippen molar-refractivity contribution in [3.8, 4) is 11.5 Å². The van der Waals surface area contributed by atoms with Crippen LogP contribution < -0.4 is 20.9 Å². The number of unbranched alkanes of at least 4 members (excludes halogenated alkanes) is 1. The first-order valence-corrected chi connectivity index (χ1v) is 19.4. The number of amides is 2. The molecule has 1 unspecified atom stereocenters. The second-order valence-electron chi connectivity index (χ2n) is 14.7. The van der Waals surface area contributed by atoms with Crippen molar-refractivity contribution >= 4 is 22.9 Å². The molecule has 4 aromatic carbocycles. The lowest BCUT2D eigenvalue weighted by Gasteiger charge is -2.50. The van der Waals surface area contributed by atoms with Gasteiger partial charge in [-0.3, -0.25) is 14.5 Å². The highest BCUT2D eigenvalue weighted by Gasteiger charge is 2.43. The van der Waals surface area contributed by atoms with E-state index in [1.807, 2.05) is 66.7 Å². The van der Waals surface area contributed by atoms with Gasteiger partial charge >= 0.3 is 6.09 Å². The van der Waals surface area contributed by atoms with Crippen LogP contribution in [0.5, 0.6) is 11.5 Å². The standard InChI is InChI=1S/C44H49N5O7/c50-38-17-15-35(36-16-18-40(52)47-41(36)38)39(51)26-45-21-4-5-22-46-43(53)32-13-11-29(12-14-32)28-56-34-10-6-9-33(25-34)42(31-7-2-1-3-8-31)49(44(54)55)37-27-48-23-19-30(37)20-24-48/h1-3,6-18,25,30,37,39,42,45,50-51H,4-5,19-24,26-28H2,(H,46,53)(H,47,52)(H,54,55)/t37-,39-,42?/m0/s1. The van der Waals surface area contributed by atoms with Crippen LogP contribution in [0.2, 0.25) is 0 Å². The number of aromatic amines is 1. The van der Waals surface area contributed by atoms with Gasteiger partial charge in [0, 0.05) is 36.7 Å². The SMILES string of the molecule is O=C(NCCCCNC[C@H](O)c1ccc(O)c2[nH]c(=O)ccc12)c1ccc(COc2cccc(C(c3ccccc3)N(C(=O)O)[C@H]3CN4CCC3CC4)c2)cc1. The highest BCUT2D eigenvalue weighted by Crippen LogP contribution is 2.39. The number of benzene rings is 4. The molecule has 12 heteroatoms. The Balaban J connectivity index is 0.881. The third kappa shape index (κ3) is 9.05. The molecule has 5 aromatic rings. The van der Waals surface area contributed by atoms with Crippen molar-refractivity contribution in [1.82, 2.24) is 25.4 Å². The van der Waals surface area contributed by atoms with E-state index in [0.29, 0.717) is 53.3 Å². The fourth-order valence-corrected chi connectivity index (χ4v) is 8.11. The number of hydrogen-bond acceptors (Lipinski definition) is 8. The maximum atomic E-state index is 13.0. The van der Waals surface area contributed by atoms with Gasteiger partial charge < -0.3 is 40.6 Å². The Bertz CT molecular complexity index is 2170. The normalized spacial score (nSPS) is 18.6. The van der Waals surface area contributed by atoms with Gasteiger partial charge in [0.25, 0.3) is 5.91 Å². The number of nitrogens with one attached hydrogen (secondary N) is 3. The molecular formula is C44H49N5O7. The minimum Gasteiger partial charge on any atom is -0.506 e. The molecular weight excluding hydrogens is 711 g/mol. The summed E-state index contributed by atoms with van der Waals surface area (Å²) in [6, 6.07) is 30.3. The molecule has 12 nitrogen and oxygen atoms in total. The lowest BCUT2D eigenvalue weighted by atomic mass is 9.81. The second kappa shape index (κ2) is 17.8. The van der Waals surface area contributed by atoms with Gasteiger partial charge in [-0.1, -0.05) is 60.7 Å². The highest BCUT2D eigenvalue weighted by molar-refractivity contribution is 5.94. The second-order valence-corrected chi connectivity index (χ2v) is 14.7. The number of hydrogen-bond donors (Lipinski definition) is 6. The summed E-state index contributed by atoms with van der Waals surface area (Å²) in [5, 5.41) is 38.2. The Kier molecular flexibility index (Phi) is 12.3. The van der Waals surface area contributed by atoms with Crippen LogP contribution in [0.3, 0.4) is 0 Å². The first-order valence-electron chi connectivity index (χ1n) is 19.4. The number of aliphatic hydroxyl groups is 1. The minimum absolute atomic E-state index is 0.0499. The fraction of sp³-hybridized carbons (Fsp3) is 0.341. The summed E-state index contributed by atoms with van der Waals surface area (Å²) in [6.45, 7) is 4.54. The maximum Gasteiger partial charge on any atom is 0.408 e. The van der Waals surface area contributed by atoms with E-state index in [1.165, 1.54) is 12.1 Å². The van der Waals surface area contributed by atoms with Crippen LogP contribution >= 0.6 is 0 Å². The number of aromatic hydroxyl groups is 1. The van der Waals surface area contributed by atoms with Gasteiger partial charge in [0.2, 0.25) is 5.56 Å². The van der Waals surface area contributed by atoms with Gasteiger partial charge in [0.1, 0.15) is 18.1 Å². The van der Waals surface area contributed by atoms with Crippen LogP contribution in [0.15, 0.2) is 108 Å². The van der Waals surface area contributed by atoms with Gasteiger partial charge in [-0.15, -0.1) is 0 Å². The summed E-state index contributed by atoms with van der Waals surface area (Å²) in [6.07, 6.45) is 1.81. The van der Waals surface area contributed by atoms with Crippen LogP contribution in [0, 0.1) is 5.92 Å². The number of phenols is 1. The monoisotopic (exact) mass is 759 g/mol. The van der Waals surface area contributed by atoms with Gasteiger partial charge in [-0.05, 0) is 110 Å². The van der Waals surface area contributed by atoms with E-state index in [2.05, 4.69) is 20.5 Å². The van der Waals surface area contributed by atoms with Crippen molar-refractivity contribution in [2.75, 3.05) is 39.3 Å². The lowest BCUT2D eigenvalue weighted by molar-refractivity contribution is -0.000814. The van der Waals surface area contributed by atoms with Crippen LogP contribution in [0.1, 0.15) is 70.4 Å². The number of aromatic nitrogens is 1. The van der Waals surface area contributed by atoms with Gasteiger partial charge in [-0.2, -0.15) is 0 Å². The summed E-state index contributed by atoms with van der Waals surface area (Å²) < 4.78 is 6.21.